The molecule has 0 aromatic heterocycles. The highest BCUT2D eigenvalue weighted by Crippen LogP contribution is 2.18. The van der Waals surface area contributed by atoms with E-state index in [0.29, 0.717) is 19.3 Å². The molecule has 0 spiro atoms. The van der Waals surface area contributed by atoms with Gasteiger partial charge in [-0.1, -0.05) is 303 Å². The van der Waals surface area contributed by atoms with Crippen LogP contribution in [0, 0.1) is 0 Å². The highest BCUT2D eigenvalue weighted by Gasteiger charge is 2.19. The van der Waals surface area contributed by atoms with Crippen molar-refractivity contribution in [3.8, 4) is 0 Å². The Labute approximate surface area is 431 Å². The number of hydrogen-bond acceptors (Lipinski definition) is 6. The van der Waals surface area contributed by atoms with Crippen LogP contribution in [-0.2, 0) is 28.6 Å². The van der Waals surface area contributed by atoms with E-state index in [9.17, 15) is 14.4 Å². The van der Waals surface area contributed by atoms with Gasteiger partial charge in [0.05, 0.1) is 0 Å². The summed E-state index contributed by atoms with van der Waals surface area (Å²) in [6.45, 7) is 6.70. The molecule has 408 valence electrons. The summed E-state index contributed by atoms with van der Waals surface area (Å²) in [6, 6.07) is 0. The molecule has 0 N–H and O–H groups in total. The summed E-state index contributed by atoms with van der Waals surface area (Å²) < 4.78 is 16.9. The zero-order valence-corrected chi connectivity index (χ0v) is 46.9. The minimum atomic E-state index is -0.767. The Morgan fingerprint density at radius 1 is 0.275 bits per heavy atom. The first-order valence-corrected chi connectivity index (χ1v) is 31.2. The predicted molar refractivity (Wildman–Crippen MR) is 298 cm³/mol. The highest BCUT2D eigenvalue weighted by atomic mass is 16.6. The van der Waals surface area contributed by atoms with Crippen LogP contribution in [0.25, 0.3) is 0 Å². The van der Waals surface area contributed by atoms with Gasteiger partial charge in [-0.2, -0.15) is 0 Å². The third-order valence-corrected chi connectivity index (χ3v) is 14.3. The number of carbonyl (C=O) groups excluding carboxylic acids is 3. The summed E-state index contributed by atoms with van der Waals surface area (Å²) in [5, 5.41) is 0. The van der Waals surface area contributed by atoms with Crippen LogP contribution >= 0.6 is 0 Å². The maximum absolute atomic E-state index is 12.9. The first kappa shape index (κ1) is 67.1. The van der Waals surface area contributed by atoms with Gasteiger partial charge < -0.3 is 14.2 Å². The lowest BCUT2D eigenvalue weighted by Gasteiger charge is -2.18. The fraction of sp³-hybridized carbons (Fsp3) is 0.921. The van der Waals surface area contributed by atoms with Crippen LogP contribution in [0.5, 0.6) is 0 Å². The van der Waals surface area contributed by atoms with Crippen molar-refractivity contribution in [3.63, 3.8) is 0 Å². The number of ether oxygens (including phenoxy) is 3. The second-order valence-electron chi connectivity index (χ2n) is 21.3. The zero-order valence-electron chi connectivity index (χ0n) is 46.9. The van der Waals surface area contributed by atoms with Crippen molar-refractivity contribution < 1.29 is 28.6 Å². The van der Waals surface area contributed by atoms with Gasteiger partial charge in [-0.05, 0) is 44.9 Å². The van der Waals surface area contributed by atoms with Crippen molar-refractivity contribution >= 4 is 17.9 Å². The number of unbranched alkanes of at least 4 members (excludes halogenated alkanes) is 45. The van der Waals surface area contributed by atoms with Crippen LogP contribution in [0.1, 0.15) is 355 Å². The third kappa shape index (κ3) is 56.9. The fourth-order valence-corrected chi connectivity index (χ4v) is 9.56. The Kier molecular flexibility index (Phi) is 57.1. The van der Waals surface area contributed by atoms with E-state index in [1.54, 1.807) is 0 Å². The standard InChI is InChI=1S/C63H120O6/c1-4-7-10-13-16-19-22-25-27-29-31-32-34-35-38-41-44-47-50-53-56-62(65)68-59-60(58-67-61(64)55-52-49-46-43-40-37-24-21-18-15-12-9-6-3)69-63(66)57-54-51-48-45-42-39-36-33-30-28-26-23-20-17-14-11-8-5-2/h28,30,60H,4-27,29,31-59H2,1-3H3/b30-28-. The van der Waals surface area contributed by atoms with Gasteiger partial charge in [-0.3, -0.25) is 14.4 Å². The molecule has 69 heavy (non-hydrogen) atoms. The first-order chi connectivity index (χ1) is 34.0. The number of rotatable bonds is 58. The van der Waals surface area contributed by atoms with Gasteiger partial charge in [-0.25, -0.2) is 0 Å². The average molecular weight is 974 g/mol. The minimum absolute atomic E-state index is 0.0654. The summed E-state index contributed by atoms with van der Waals surface area (Å²) in [7, 11) is 0. The number of carbonyl (C=O) groups is 3. The third-order valence-electron chi connectivity index (χ3n) is 14.3. The van der Waals surface area contributed by atoms with Crippen LogP contribution in [0.15, 0.2) is 12.2 Å². The summed E-state index contributed by atoms with van der Waals surface area (Å²) in [6.07, 6.45) is 67.8. The molecule has 0 aliphatic heterocycles. The molecule has 1 atom stereocenters. The van der Waals surface area contributed by atoms with Gasteiger partial charge in [0.1, 0.15) is 13.2 Å². The van der Waals surface area contributed by atoms with E-state index in [2.05, 4.69) is 32.9 Å². The first-order valence-electron chi connectivity index (χ1n) is 31.2. The van der Waals surface area contributed by atoms with Crippen molar-refractivity contribution in [2.45, 2.75) is 361 Å². The smallest absolute Gasteiger partial charge is 0.306 e. The van der Waals surface area contributed by atoms with Crippen LogP contribution in [-0.4, -0.2) is 37.2 Å². The lowest BCUT2D eigenvalue weighted by Crippen LogP contribution is -2.30. The summed E-state index contributed by atoms with van der Waals surface area (Å²) >= 11 is 0. The van der Waals surface area contributed by atoms with E-state index < -0.39 is 6.10 Å². The second-order valence-corrected chi connectivity index (χ2v) is 21.3. The van der Waals surface area contributed by atoms with Gasteiger partial charge in [0.15, 0.2) is 6.10 Å². The Hall–Kier alpha value is -1.85. The maximum atomic E-state index is 12.9. The summed E-state index contributed by atoms with van der Waals surface area (Å²) in [5.74, 6) is -0.841. The van der Waals surface area contributed by atoms with Crippen LogP contribution in [0.4, 0.5) is 0 Å². The summed E-state index contributed by atoms with van der Waals surface area (Å²) in [4.78, 5) is 38.2. The second kappa shape index (κ2) is 58.7. The largest absolute Gasteiger partial charge is 0.462 e. The molecule has 0 fully saturated rings. The Morgan fingerprint density at radius 2 is 0.478 bits per heavy atom. The van der Waals surface area contributed by atoms with E-state index >= 15 is 0 Å². The Bertz CT molecular complexity index is 1070. The van der Waals surface area contributed by atoms with E-state index in [0.717, 1.165) is 57.8 Å². The molecule has 0 radical (unpaired) electrons. The Balaban J connectivity index is 4.28. The molecular weight excluding hydrogens is 853 g/mol. The van der Waals surface area contributed by atoms with Crippen LogP contribution in [0.2, 0.25) is 0 Å². The monoisotopic (exact) mass is 973 g/mol. The molecule has 0 heterocycles. The Morgan fingerprint density at radius 3 is 0.725 bits per heavy atom. The molecule has 6 heteroatoms. The summed E-state index contributed by atoms with van der Waals surface area (Å²) in [5.41, 5.74) is 0. The zero-order chi connectivity index (χ0) is 50.0. The minimum Gasteiger partial charge on any atom is -0.462 e. The lowest BCUT2D eigenvalue weighted by atomic mass is 10.0. The number of esters is 3. The molecule has 0 amide bonds. The average Bonchev–Trinajstić information content (AvgIpc) is 3.35. The maximum Gasteiger partial charge on any atom is 0.306 e. The molecule has 0 aliphatic carbocycles. The fourth-order valence-electron chi connectivity index (χ4n) is 9.56. The van der Waals surface area contributed by atoms with Gasteiger partial charge in [0, 0.05) is 19.3 Å². The molecule has 0 aromatic carbocycles. The topological polar surface area (TPSA) is 78.9 Å². The molecule has 0 aliphatic rings. The van der Waals surface area contributed by atoms with Crippen molar-refractivity contribution in [1.29, 1.82) is 0 Å². The van der Waals surface area contributed by atoms with Crippen molar-refractivity contribution in [3.05, 3.63) is 12.2 Å². The van der Waals surface area contributed by atoms with Gasteiger partial charge in [-0.15, -0.1) is 0 Å². The molecule has 0 saturated carbocycles. The predicted octanol–water partition coefficient (Wildman–Crippen LogP) is 20.9. The van der Waals surface area contributed by atoms with Crippen LogP contribution < -0.4 is 0 Å². The van der Waals surface area contributed by atoms with E-state index in [4.69, 9.17) is 14.2 Å². The molecule has 0 aromatic rings. The number of allylic oxidation sites excluding steroid dienone is 2. The van der Waals surface area contributed by atoms with Gasteiger partial charge >= 0.3 is 17.9 Å². The molecule has 0 bridgehead atoms. The van der Waals surface area contributed by atoms with Crippen LogP contribution in [0.3, 0.4) is 0 Å². The molecule has 0 rings (SSSR count). The van der Waals surface area contributed by atoms with Gasteiger partial charge in [0.2, 0.25) is 0 Å². The molecular formula is C63H120O6. The van der Waals surface area contributed by atoms with Gasteiger partial charge in [0.25, 0.3) is 0 Å². The molecule has 0 saturated heterocycles. The number of hydrogen-bond donors (Lipinski definition) is 0. The quantitative estimate of drug-likeness (QED) is 0.0261. The van der Waals surface area contributed by atoms with Crippen molar-refractivity contribution in [1.82, 2.24) is 0 Å². The highest BCUT2D eigenvalue weighted by molar-refractivity contribution is 5.71. The molecule has 1 unspecified atom stereocenters. The van der Waals surface area contributed by atoms with E-state index in [-0.39, 0.29) is 31.1 Å². The lowest BCUT2D eigenvalue weighted by molar-refractivity contribution is -0.167. The normalized spacial score (nSPS) is 12.0. The van der Waals surface area contributed by atoms with Crippen molar-refractivity contribution in [2.24, 2.45) is 0 Å². The SMILES string of the molecule is CCCCCCCCC/C=C\CCCCCCCCCC(=O)OC(COC(=O)CCCCCCCCCCCCCCC)COC(=O)CCCCCCCCCCCCCCCCCCCCCC. The van der Waals surface area contributed by atoms with E-state index in [1.807, 2.05) is 0 Å². The van der Waals surface area contributed by atoms with E-state index in [1.165, 1.54) is 257 Å². The van der Waals surface area contributed by atoms with Crippen molar-refractivity contribution in [2.75, 3.05) is 13.2 Å². The molecule has 6 nitrogen and oxygen atoms in total.